The number of benzene rings is 1. The molecule has 0 atom stereocenters. The van der Waals surface area contributed by atoms with Gasteiger partial charge < -0.3 is 10.4 Å². The van der Waals surface area contributed by atoms with Gasteiger partial charge in [-0.05, 0) is 42.5 Å². The number of hydrogen-bond donors (Lipinski definition) is 3. The molecule has 0 aliphatic heterocycles. The van der Waals surface area contributed by atoms with Crippen molar-refractivity contribution < 1.29 is 9.90 Å². The summed E-state index contributed by atoms with van der Waals surface area (Å²) in [6.45, 7) is 4.97. The Bertz CT molecular complexity index is 387. The zero-order chi connectivity index (χ0) is 13.6. The van der Waals surface area contributed by atoms with Crippen LogP contribution < -0.4 is 5.32 Å². The van der Waals surface area contributed by atoms with Crippen LogP contribution in [0.25, 0.3) is 0 Å². The van der Waals surface area contributed by atoms with Crippen LogP contribution in [-0.2, 0) is 0 Å². The van der Waals surface area contributed by atoms with Crippen molar-refractivity contribution in [3.8, 4) is 0 Å². The predicted molar refractivity (Wildman–Crippen MR) is 76.1 cm³/mol. The Kier molecular flexibility index (Phi) is 5.69. The van der Waals surface area contributed by atoms with Gasteiger partial charge in [0.15, 0.2) is 0 Å². The fourth-order valence-corrected chi connectivity index (χ4v) is 1.83. The first kappa shape index (κ1) is 15.1. The summed E-state index contributed by atoms with van der Waals surface area (Å²) in [6, 6.07) is 7.13. The van der Waals surface area contributed by atoms with Gasteiger partial charge >= 0.3 is 0 Å². The van der Waals surface area contributed by atoms with Crippen LogP contribution >= 0.6 is 12.6 Å². The fraction of sp³-hybridized carbons (Fsp3) is 0.500. The summed E-state index contributed by atoms with van der Waals surface area (Å²) in [6.07, 6.45) is 1.65. The standard InChI is InChI=1S/C14H21NO2S/c1-14(2,8-3-9-16)10-15-13(17)11-4-6-12(18)7-5-11/h4-7,16,18H,3,8-10H2,1-2H3,(H,15,17). The van der Waals surface area contributed by atoms with E-state index in [4.69, 9.17) is 5.11 Å². The van der Waals surface area contributed by atoms with Crippen molar-refractivity contribution in [3.63, 3.8) is 0 Å². The van der Waals surface area contributed by atoms with Crippen molar-refractivity contribution in [2.75, 3.05) is 13.2 Å². The molecule has 18 heavy (non-hydrogen) atoms. The fourth-order valence-electron chi connectivity index (χ4n) is 1.68. The van der Waals surface area contributed by atoms with Crippen molar-refractivity contribution in [3.05, 3.63) is 29.8 Å². The molecular formula is C14H21NO2S. The van der Waals surface area contributed by atoms with Crippen LogP contribution in [0, 0.1) is 5.41 Å². The van der Waals surface area contributed by atoms with Crippen molar-refractivity contribution in [2.24, 2.45) is 5.41 Å². The molecule has 0 aliphatic carbocycles. The van der Waals surface area contributed by atoms with Gasteiger partial charge in [-0.2, -0.15) is 0 Å². The molecule has 2 N–H and O–H groups in total. The molecule has 0 spiro atoms. The van der Waals surface area contributed by atoms with Crippen molar-refractivity contribution in [1.29, 1.82) is 0 Å². The number of aliphatic hydroxyl groups is 1. The van der Waals surface area contributed by atoms with Gasteiger partial charge in [0, 0.05) is 23.6 Å². The Morgan fingerprint density at radius 3 is 2.50 bits per heavy atom. The zero-order valence-electron chi connectivity index (χ0n) is 10.9. The molecule has 3 nitrogen and oxygen atoms in total. The molecule has 0 bridgehead atoms. The molecule has 1 aromatic carbocycles. The third-order valence-electron chi connectivity index (χ3n) is 2.87. The van der Waals surface area contributed by atoms with E-state index in [-0.39, 0.29) is 17.9 Å². The topological polar surface area (TPSA) is 49.3 Å². The second-order valence-electron chi connectivity index (χ2n) is 5.22. The van der Waals surface area contributed by atoms with E-state index in [9.17, 15) is 4.79 Å². The van der Waals surface area contributed by atoms with Crippen molar-refractivity contribution in [1.82, 2.24) is 5.32 Å². The maximum atomic E-state index is 11.9. The molecule has 0 saturated carbocycles. The van der Waals surface area contributed by atoms with Gasteiger partial charge in [-0.1, -0.05) is 13.8 Å². The van der Waals surface area contributed by atoms with Crippen molar-refractivity contribution in [2.45, 2.75) is 31.6 Å². The molecule has 0 aliphatic rings. The number of amides is 1. The first-order chi connectivity index (χ1) is 8.44. The van der Waals surface area contributed by atoms with Crippen molar-refractivity contribution >= 4 is 18.5 Å². The molecule has 1 aromatic rings. The lowest BCUT2D eigenvalue weighted by Gasteiger charge is -2.24. The lowest BCUT2D eigenvalue weighted by Crippen LogP contribution is -2.34. The van der Waals surface area contributed by atoms with E-state index in [2.05, 4.69) is 31.8 Å². The van der Waals surface area contributed by atoms with E-state index < -0.39 is 0 Å². The maximum Gasteiger partial charge on any atom is 0.251 e. The van der Waals surface area contributed by atoms with Gasteiger partial charge in [-0.15, -0.1) is 12.6 Å². The summed E-state index contributed by atoms with van der Waals surface area (Å²) in [5.74, 6) is -0.0691. The summed E-state index contributed by atoms with van der Waals surface area (Å²) in [5.41, 5.74) is 0.646. The summed E-state index contributed by atoms with van der Waals surface area (Å²) in [5, 5.41) is 11.7. The number of hydrogen-bond acceptors (Lipinski definition) is 3. The Morgan fingerprint density at radius 1 is 1.33 bits per heavy atom. The second kappa shape index (κ2) is 6.81. The quantitative estimate of drug-likeness (QED) is 0.694. The van der Waals surface area contributed by atoms with Crippen LogP contribution in [0.3, 0.4) is 0 Å². The largest absolute Gasteiger partial charge is 0.396 e. The number of thiol groups is 1. The third kappa shape index (κ3) is 5.10. The highest BCUT2D eigenvalue weighted by Gasteiger charge is 2.18. The van der Waals surface area contributed by atoms with E-state index in [0.717, 1.165) is 17.7 Å². The molecule has 0 unspecified atom stereocenters. The van der Waals surface area contributed by atoms with Gasteiger partial charge in [0.05, 0.1) is 0 Å². The second-order valence-corrected chi connectivity index (χ2v) is 5.74. The van der Waals surface area contributed by atoms with Gasteiger partial charge in [-0.25, -0.2) is 0 Å². The van der Waals surface area contributed by atoms with E-state index in [0.29, 0.717) is 12.1 Å². The van der Waals surface area contributed by atoms with Crippen LogP contribution in [0.15, 0.2) is 29.2 Å². The minimum atomic E-state index is -0.0691. The average molecular weight is 267 g/mol. The van der Waals surface area contributed by atoms with E-state index in [1.807, 2.05) is 0 Å². The molecule has 1 amide bonds. The van der Waals surface area contributed by atoms with Crippen LogP contribution in [0.2, 0.25) is 0 Å². The summed E-state index contributed by atoms with van der Waals surface area (Å²) in [7, 11) is 0. The molecule has 100 valence electrons. The monoisotopic (exact) mass is 267 g/mol. The van der Waals surface area contributed by atoms with Gasteiger partial charge in [0.25, 0.3) is 5.91 Å². The zero-order valence-corrected chi connectivity index (χ0v) is 11.8. The molecule has 0 heterocycles. The predicted octanol–water partition coefficient (Wildman–Crippen LogP) is 2.50. The lowest BCUT2D eigenvalue weighted by molar-refractivity contribution is 0.0933. The van der Waals surface area contributed by atoms with Crippen LogP contribution in [0.5, 0.6) is 0 Å². The summed E-state index contributed by atoms with van der Waals surface area (Å²) >= 11 is 4.18. The molecule has 0 fully saturated rings. The molecule has 1 rings (SSSR count). The maximum absolute atomic E-state index is 11.9. The number of carbonyl (C=O) groups excluding carboxylic acids is 1. The number of carbonyl (C=O) groups is 1. The number of rotatable bonds is 6. The number of aliphatic hydroxyl groups excluding tert-OH is 1. The SMILES string of the molecule is CC(C)(CCCO)CNC(=O)c1ccc(S)cc1. The smallest absolute Gasteiger partial charge is 0.251 e. The minimum absolute atomic E-state index is 0.00186. The first-order valence-electron chi connectivity index (χ1n) is 6.13. The number of nitrogens with one attached hydrogen (secondary N) is 1. The first-order valence-corrected chi connectivity index (χ1v) is 6.57. The third-order valence-corrected chi connectivity index (χ3v) is 3.17. The molecule has 0 aromatic heterocycles. The highest BCUT2D eigenvalue weighted by atomic mass is 32.1. The Morgan fingerprint density at radius 2 is 1.94 bits per heavy atom. The van der Waals surface area contributed by atoms with Gasteiger partial charge in [0.1, 0.15) is 0 Å². The van der Waals surface area contributed by atoms with Gasteiger partial charge in [0.2, 0.25) is 0 Å². The summed E-state index contributed by atoms with van der Waals surface area (Å²) < 4.78 is 0. The van der Waals surface area contributed by atoms with E-state index >= 15 is 0 Å². The Labute approximate surface area is 114 Å². The van der Waals surface area contributed by atoms with Crippen LogP contribution in [-0.4, -0.2) is 24.2 Å². The molecular weight excluding hydrogens is 246 g/mol. The highest BCUT2D eigenvalue weighted by Crippen LogP contribution is 2.21. The van der Waals surface area contributed by atoms with E-state index in [1.54, 1.807) is 24.3 Å². The molecule has 0 radical (unpaired) electrons. The lowest BCUT2D eigenvalue weighted by atomic mass is 9.88. The van der Waals surface area contributed by atoms with Crippen LogP contribution in [0.1, 0.15) is 37.0 Å². The van der Waals surface area contributed by atoms with Gasteiger partial charge in [-0.3, -0.25) is 4.79 Å². The van der Waals surface area contributed by atoms with E-state index in [1.165, 1.54) is 0 Å². The normalized spacial score (nSPS) is 11.3. The molecule has 4 heteroatoms. The average Bonchev–Trinajstić information content (AvgIpc) is 2.35. The summed E-state index contributed by atoms with van der Waals surface area (Å²) in [4.78, 5) is 12.7. The molecule has 0 saturated heterocycles. The van der Waals surface area contributed by atoms with Crippen LogP contribution in [0.4, 0.5) is 0 Å². The Hall–Kier alpha value is -1.00. The highest BCUT2D eigenvalue weighted by molar-refractivity contribution is 7.80. The Balaban J connectivity index is 2.48. The minimum Gasteiger partial charge on any atom is -0.396 e.